The summed E-state index contributed by atoms with van der Waals surface area (Å²) in [5, 5.41) is 9.07. The largest absolute Gasteiger partial charge is 0.377 e. The maximum absolute atomic E-state index is 9.07. The van der Waals surface area contributed by atoms with Gasteiger partial charge in [-0.2, -0.15) is 0 Å². The summed E-state index contributed by atoms with van der Waals surface area (Å²) in [6.07, 6.45) is 4.31. The molecule has 1 fully saturated rings. The molecule has 0 aromatic rings. The molecule has 0 saturated heterocycles. The Labute approximate surface area is 77.7 Å². The first kappa shape index (κ1) is 9.63. The highest BCUT2D eigenvalue weighted by molar-refractivity contribution is 6.19. The van der Waals surface area contributed by atoms with Crippen LogP contribution in [0.1, 0.15) is 25.7 Å². The van der Waals surface area contributed by atoms with Crippen molar-refractivity contribution in [1.82, 2.24) is 0 Å². The number of alkyl halides is 2. The van der Waals surface area contributed by atoms with Crippen molar-refractivity contribution >= 4 is 23.2 Å². The molecule has 0 radical (unpaired) electrons. The molecular weight excluding hydrogens is 183 g/mol. The van der Waals surface area contributed by atoms with E-state index in [4.69, 9.17) is 28.3 Å². The van der Waals surface area contributed by atoms with Gasteiger partial charge in [0.15, 0.2) is 0 Å². The van der Waals surface area contributed by atoms with Gasteiger partial charge in [-0.25, -0.2) is 0 Å². The third-order valence-electron chi connectivity index (χ3n) is 2.50. The zero-order chi connectivity index (χ0) is 8.27. The van der Waals surface area contributed by atoms with E-state index in [1.165, 1.54) is 0 Å². The Hall–Kier alpha value is 0.540. The molecule has 1 atom stereocenters. The quantitative estimate of drug-likeness (QED) is 0.674. The molecule has 0 amide bonds. The van der Waals surface area contributed by atoms with Crippen LogP contribution in [-0.2, 0) is 0 Å². The third kappa shape index (κ3) is 2.81. The topological polar surface area (TPSA) is 20.2 Å². The fourth-order valence-corrected chi connectivity index (χ4v) is 2.18. The van der Waals surface area contributed by atoms with Gasteiger partial charge in [-0.15, -0.1) is 11.6 Å². The fraction of sp³-hybridized carbons (Fsp3) is 1.00. The zero-order valence-corrected chi connectivity index (χ0v) is 7.98. The highest BCUT2D eigenvalue weighted by atomic mass is 35.5. The van der Waals surface area contributed by atoms with Gasteiger partial charge in [0, 0.05) is 5.88 Å². The van der Waals surface area contributed by atoms with E-state index < -0.39 is 5.56 Å². The predicted octanol–water partition coefficient (Wildman–Crippen LogP) is 2.59. The van der Waals surface area contributed by atoms with Crippen LogP contribution in [0, 0.1) is 11.8 Å². The molecule has 1 aliphatic carbocycles. The first-order valence-corrected chi connectivity index (χ1v) is 5.09. The minimum atomic E-state index is -0.647. The first-order valence-electron chi connectivity index (χ1n) is 4.12. The maximum atomic E-state index is 9.07. The Morgan fingerprint density at radius 3 is 2.18 bits per heavy atom. The van der Waals surface area contributed by atoms with E-state index in [2.05, 4.69) is 0 Å². The SMILES string of the molecule is OC(Cl)C1CCC(CCl)CC1. The molecule has 3 heteroatoms. The van der Waals surface area contributed by atoms with Gasteiger partial charge < -0.3 is 5.11 Å². The molecule has 1 N–H and O–H groups in total. The molecule has 0 aromatic carbocycles. The summed E-state index contributed by atoms with van der Waals surface area (Å²) < 4.78 is 0. The lowest BCUT2D eigenvalue weighted by molar-refractivity contribution is 0.139. The van der Waals surface area contributed by atoms with Crippen LogP contribution >= 0.6 is 23.2 Å². The molecule has 0 aliphatic heterocycles. The average molecular weight is 197 g/mol. The Kier molecular flexibility index (Phi) is 3.97. The number of hydrogen-bond donors (Lipinski definition) is 1. The van der Waals surface area contributed by atoms with Crippen LogP contribution in [0.4, 0.5) is 0 Å². The van der Waals surface area contributed by atoms with Gasteiger partial charge in [0.1, 0.15) is 5.56 Å². The van der Waals surface area contributed by atoms with Gasteiger partial charge in [0.2, 0.25) is 0 Å². The summed E-state index contributed by atoms with van der Waals surface area (Å²) in [6, 6.07) is 0. The Morgan fingerprint density at radius 1 is 1.27 bits per heavy atom. The smallest absolute Gasteiger partial charge is 0.130 e. The molecule has 11 heavy (non-hydrogen) atoms. The number of hydrogen-bond acceptors (Lipinski definition) is 1. The number of aliphatic hydroxyl groups is 1. The lowest BCUT2D eigenvalue weighted by Crippen LogP contribution is -2.22. The first-order chi connectivity index (χ1) is 5.24. The summed E-state index contributed by atoms with van der Waals surface area (Å²) in [7, 11) is 0. The molecule has 1 nitrogen and oxygen atoms in total. The van der Waals surface area contributed by atoms with Gasteiger partial charge in [0.25, 0.3) is 0 Å². The van der Waals surface area contributed by atoms with E-state index in [0.717, 1.165) is 31.6 Å². The van der Waals surface area contributed by atoms with Crippen molar-refractivity contribution < 1.29 is 5.11 Å². The van der Waals surface area contributed by atoms with Gasteiger partial charge in [0.05, 0.1) is 0 Å². The molecule has 1 saturated carbocycles. The van der Waals surface area contributed by atoms with Crippen molar-refractivity contribution in [1.29, 1.82) is 0 Å². The average Bonchev–Trinajstić information content (AvgIpc) is 2.05. The Morgan fingerprint density at radius 2 is 1.82 bits per heavy atom. The van der Waals surface area contributed by atoms with Crippen LogP contribution in [0.2, 0.25) is 0 Å². The Bertz CT molecular complexity index is 109. The minimum absolute atomic E-state index is 0.302. The van der Waals surface area contributed by atoms with Crippen molar-refractivity contribution in [3.05, 3.63) is 0 Å². The molecule has 1 rings (SSSR count). The van der Waals surface area contributed by atoms with Gasteiger partial charge >= 0.3 is 0 Å². The van der Waals surface area contributed by atoms with Gasteiger partial charge in [-0.3, -0.25) is 0 Å². The maximum Gasteiger partial charge on any atom is 0.130 e. The summed E-state index contributed by atoms with van der Waals surface area (Å²) in [4.78, 5) is 0. The van der Waals surface area contributed by atoms with Crippen molar-refractivity contribution in [3.63, 3.8) is 0 Å². The lowest BCUT2D eigenvalue weighted by atomic mass is 9.83. The second kappa shape index (κ2) is 4.54. The van der Waals surface area contributed by atoms with Crippen LogP contribution in [0.25, 0.3) is 0 Å². The van der Waals surface area contributed by atoms with Gasteiger partial charge in [-0.1, -0.05) is 11.6 Å². The molecule has 0 heterocycles. The lowest BCUT2D eigenvalue weighted by Gasteiger charge is -2.27. The van der Waals surface area contributed by atoms with Crippen LogP contribution in [0.5, 0.6) is 0 Å². The Balaban J connectivity index is 2.24. The normalized spacial score (nSPS) is 35.2. The predicted molar refractivity (Wildman–Crippen MR) is 48.0 cm³/mol. The summed E-state index contributed by atoms with van der Waals surface area (Å²) in [6.45, 7) is 0. The van der Waals surface area contributed by atoms with Crippen LogP contribution in [0.3, 0.4) is 0 Å². The summed E-state index contributed by atoms with van der Waals surface area (Å²) in [5.41, 5.74) is -0.647. The summed E-state index contributed by atoms with van der Waals surface area (Å²) >= 11 is 11.3. The molecular formula is C8H14Cl2O. The minimum Gasteiger partial charge on any atom is -0.377 e. The highest BCUT2D eigenvalue weighted by Crippen LogP contribution is 2.32. The van der Waals surface area contributed by atoms with Crippen molar-refractivity contribution in [3.8, 4) is 0 Å². The van der Waals surface area contributed by atoms with Crippen LogP contribution < -0.4 is 0 Å². The number of halogens is 2. The summed E-state index contributed by atoms with van der Waals surface area (Å²) in [5.74, 6) is 1.71. The zero-order valence-electron chi connectivity index (χ0n) is 6.47. The van der Waals surface area contributed by atoms with Crippen molar-refractivity contribution in [2.45, 2.75) is 31.2 Å². The monoisotopic (exact) mass is 196 g/mol. The number of rotatable bonds is 2. The molecule has 1 aliphatic rings. The van der Waals surface area contributed by atoms with E-state index in [-0.39, 0.29) is 0 Å². The van der Waals surface area contributed by atoms with Gasteiger partial charge in [-0.05, 0) is 37.5 Å². The van der Waals surface area contributed by atoms with E-state index in [9.17, 15) is 0 Å². The van der Waals surface area contributed by atoms with Crippen molar-refractivity contribution in [2.24, 2.45) is 11.8 Å². The van der Waals surface area contributed by atoms with E-state index in [0.29, 0.717) is 11.8 Å². The highest BCUT2D eigenvalue weighted by Gasteiger charge is 2.24. The molecule has 0 aromatic heterocycles. The molecule has 0 spiro atoms. The van der Waals surface area contributed by atoms with Crippen LogP contribution in [-0.4, -0.2) is 16.5 Å². The van der Waals surface area contributed by atoms with E-state index >= 15 is 0 Å². The standard InChI is InChI=1S/C8H14Cl2O/c9-5-6-1-3-7(4-2-6)8(10)11/h6-8,11H,1-5H2. The van der Waals surface area contributed by atoms with E-state index in [1.807, 2.05) is 0 Å². The second-order valence-electron chi connectivity index (χ2n) is 3.31. The third-order valence-corrected chi connectivity index (χ3v) is 3.29. The fourth-order valence-electron chi connectivity index (χ4n) is 1.62. The molecule has 1 unspecified atom stereocenters. The molecule has 0 bridgehead atoms. The molecule has 66 valence electrons. The second-order valence-corrected chi connectivity index (χ2v) is 4.06. The number of aliphatic hydroxyl groups excluding tert-OH is 1. The van der Waals surface area contributed by atoms with Crippen molar-refractivity contribution in [2.75, 3.05) is 5.88 Å². The van der Waals surface area contributed by atoms with Crippen LogP contribution in [0.15, 0.2) is 0 Å². The van der Waals surface area contributed by atoms with E-state index in [1.54, 1.807) is 0 Å².